The Bertz CT molecular complexity index is 507. The minimum absolute atomic E-state index is 0. The number of Topliss-reactive ketones (excluding diaryl/α,β-unsaturated/α-hetero) is 1. The Morgan fingerprint density at radius 1 is 1.33 bits per heavy atom. The maximum atomic E-state index is 12.8. The van der Waals surface area contributed by atoms with Crippen LogP contribution in [-0.4, -0.2) is 48.5 Å². The van der Waals surface area contributed by atoms with Gasteiger partial charge in [-0.2, -0.15) is 0 Å². The predicted molar refractivity (Wildman–Crippen MR) is 78.3 cm³/mol. The quantitative estimate of drug-likeness (QED) is 0.776. The third-order valence-electron chi connectivity index (χ3n) is 4.69. The van der Waals surface area contributed by atoms with Crippen LogP contribution in [0.25, 0.3) is 0 Å². The number of nitrogens with one attached hydrogen (secondary N) is 1. The molecule has 1 aromatic heterocycles. The number of hydrogen-bond donors (Lipinski definition) is 1. The van der Waals surface area contributed by atoms with E-state index in [1.165, 1.54) is 17.0 Å². The molecular weight excluding hydrogens is 288 g/mol. The first-order chi connectivity index (χ1) is 9.70. The van der Waals surface area contributed by atoms with Gasteiger partial charge in [0, 0.05) is 42.5 Å². The molecule has 2 aliphatic rings. The molecule has 118 valence electrons. The van der Waals surface area contributed by atoms with E-state index in [9.17, 15) is 4.79 Å². The van der Waals surface area contributed by atoms with Gasteiger partial charge in [0.2, 0.25) is 0 Å². The smallest absolute Gasteiger partial charge is 0.169 e. The number of ketones is 1. The summed E-state index contributed by atoms with van der Waals surface area (Å²) in [6.07, 6.45) is 2.93. The molecule has 1 aromatic rings. The van der Waals surface area contributed by atoms with Gasteiger partial charge in [0.15, 0.2) is 5.78 Å². The maximum Gasteiger partial charge on any atom is 0.169 e. The molecule has 5 heteroatoms. The molecule has 0 saturated carbocycles. The Morgan fingerprint density at radius 2 is 2.05 bits per heavy atom. The second-order valence-electron chi connectivity index (χ2n) is 5.95. The van der Waals surface area contributed by atoms with Crippen molar-refractivity contribution >= 4 is 5.78 Å². The number of aryl methyl sites for hydroxylation is 2. The van der Waals surface area contributed by atoms with Gasteiger partial charge in [0.1, 0.15) is 0 Å². The van der Waals surface area contributed by atoms with E-state index in [1.54, 1.807) is 0 Å². The molecule has 3 rings (SSSR count). The number of halogens is 1. The van der Waals surface area contributed by atoms with E-state index in [2.05, 4.69) is 23.7 Å². The largest absolute Gasteiger partial charge is 1.00 e. The summed E-state index contributed by atoms with van der Waals surface area (Å²) in [5.41, 5.74) is 4.59. The number of morpholine rings is 1. The molecule has 0 spiro atoms. The van der Waals surface area contributed by atoms with Crippen molar-refractivity contribution < 1.29 is 21.9 Å². The fraction of sp³-hybridized carbons (Fsp3) is 0.688. The van der Waals surface area contributed by atoms with Gasteiger partial charge in [-0.25, -0.2) is 0 Å². The molecule has 0 radical (unpaired) electrons. The number of aromatic amines is 1. The molecule has 1 saturated heterocycles. The number of carbonyl (C=O) groups excluding carboxylic acids is 1. The van der Waals surface area contributed by atoms with Gasteiger partial charge in [-0.15, -0.1) is 0 Å². The normalized spacial score (nSPS) is 22.8. The second-order valence-corrected chi connectivity index (χ2v) is 5.95. The van der Waals surface area contributed by atoms with Gasteiger partial charge in [-0.1, -0.05) is 6.92 Å². The zero-order valence-electron chi connectivity index (χ0n) is 12.9. The van der Waals surface area contributed by atoms with Crippen LogP contribution < -0.4 is 12.4 Å². The summed E-state index contributed by atoms with van der Waals surface area (Å²) in [5.74, 6) is 0.528. The summed E-state index contributed by atoms with van der Waals surface area (Å²) in [7, 11) is 0. The first-order valence-corrected chi connectivity index (χ1v) is 7.75. The third-order valence-corrected chi connectivity index (χ3v) is 4.69. The number of H-pyrrole nitrogens is 1. The van der Waals surface area contributed by atoms with Crippen molar-refractivity contribution in [2.75, 3.05) is 32.8 Å². The standard InChI is InChI=1S/C16H24N2O2.ClH/c1-3-13-11(2)17-14-5-4-12(16(19)15(13)14)10-18-6-8-20-9-7-18;/h12,17H,3-10H2,1-2H3;1H/p-1. The highest BCUT2D eigenvalue weighted by Gasteiger charge is 2.32. The van der Waals surface area contributed by atoms with Gasteiger partial charge >= 0.3 is 0 Å². The van der Waals surface area contributed by atoms with Crippen molar-refractivity contribution in [2.45, 2.75) is 33.1 Å². The minimum atomic E-state index is 0. The van der Waals surface area contributed by atoms with Gasteiger partial charge in [-0.05, 0) is 31.7 Å². The molecule has 1 fully saturated rings. The molecule has 1 aliphatic heterocycles. The fourth-order valence-corrected chi connectivity index (χ4v) is 3.58. The molecule has 4 nitrogen and oxygen atoms in total. The van der Waals surface area contributed by atoms with Crippen LogP contribution in [0.3, 0.4) is 0 Å². The Hall–Kier alpha value is -0.840. The summed E-state index contributed by atoms with van der Waals surface area (Å²) in [4.78, 5) is 18.6. The minimum Gasteiger partial charge on any atom is -1.00 e. The Morgan fingerprint density at radius 3 is 2.71 bits per heavy atom. The average Bonchev–Trinajstić information content (AvgIpc) is 2.79. The average molecular weight is 312 g/mol. The first-order valence-electron chi connectivity index (χ1n) is 7.75. The molecule has 1 unspecified atom stereocenters. The van der Waals surface area contributed by atoms with Crippen LogP contribution in [0.4, 0.5) is 0 Å². The van der Waals surface area contributed by atoms with Crippen LogP contribution in [0.2, 0.25) is 0 Å². The third kappa shape index (κ3) is 3.17. The van der Waals surface area contributed by atoms with Crippen LogP contribution in [0, 0.1) is 12.8 Å². The topological polar surface area (TPSA) is 45.3 Å². The lowest BCUT2D eigenvalue weighted by Gasteiger charge is -2.31. The van der Waals surface area contributed by atoms with Gasteiger partial charge in [-0.3, -0.25) is 9.69 Å². The molecule has 1 atom stereocenters. The van der Waals surface area contributed by atoms with Crippen molar-refractivity contribution in [3.63, 3.8) is 0 Å². The molecule has 0 bridgehead atoms. The van der Waals surface area contributed by atoms with Gasteiger partial charge < -0.3 is 22.1 Å². The molecule has 1 aliphatic carbocycles. The lowest BCUT2D eigenvalue weighted by molar-refractivity contribution is -0.0000131. The van der Waals surface area contributed by atoms with Crippen LogP contribution >= 0.6 is 0 Å². The maximum absolute atomic E-state index is 12.8. The zero-order chi connectivity index (χ0) is 14.1. The molecule has 0 aromatic carbocycles. The Labute approximate surface area is 132 Å². The number of aromatic nitrogens is 1. The highest BCUT2D eigenvalue weighted by Crippen LogP contribution is 2.30. The number of ether oxygens (including phenoxy) is 1. The lowest BCUT2D eigenvalue weighted by atomic mass is 9.83. The lowest BCUT2D eigenvalue weighted by Crippen LogP contribution is -3.00. The number of fused-ring (bicyclic) bond motifs is 1. The monoisotopic (exact) mass is 311 g/mol. The van der Waals surface area contributed by atoms with Crippen LogP contribution in [0.1, 0.15) is 40.7 Å². The first kappa shape index (κ1) is 16.5. The molecule has 2 heterocycles. The van der Waals surface area contributed by atoms with Gasteiger partial charge in [0.05, 0.1) is 13.2 Å². The second kappa shape index (κ2) is 6.95. The number of hydrogen-bond acceptors (Lipinski definition) is 3. The van der Waals surface area contributed by atoms with Crippen LogP contribution in [-0.2, 0) is 17.6 Å². The zero-order valence-corrected chi connectivity index (χ0v) is 13.6. The molecular formula is C16H24ClN2O2-. The van der Waals surface area contributed by atoms with E-state index >= 15 is 0 Å². The van der Waals surface area contributed by atoms with Crippen molar-refractivity contribution in [1.82, 2.24) is 9.88 Å². The summed E-state index contributed by atoms with van der Waals surface area (Å²) in [6.45, 7) is 8.64. The van der Waals surface area contributed by atoms with E-state index in [1.807, 2.05) is 0 Å². The highest BCUT2D eigenvalue weighted by atomic mass is 35.5. The number of carbonyl (C=O) groups is 1. The molecule has 1 N–H and O–H groups in total. The SMILES string of the molecule is CCc1c(C)[nH]c2c1C(=O)C(CN1CCOCC1)CC2.[Cl-]. The summed E-state index contributed by atoms with van der Waals surface area (Å²) in [6, 6.07) is 0. The predicted octanol–water partition coefficient (Wildman–Crippen LogP) is -1.03. The Kier molecular flexibility index (Phi) is 5.47. The Balaban J connectivity index is 0.00000161. The van der Waals surface area contributed by atoms with E-state index in [-0.39, 0.29) is 18.3 Å². The van der Waals surface area contributed by atoms with Crippen molar-refractivity contribution in [3.8, 4) is 0 Å². The summed E-state index contributed by atoms with van der Waals surface area (Å²) in [5, 5.41) is 0. The summed E-state index contributed by atoms with van der Waals surface area (Å²) < 4.78 is 5.38. The van der Waals surface area contributed by atoms with Crippen molar-refractivity contribution in [3.05, 3.63) is 22.5 Å². The van der Waals surface area contributed by atoms with Crippen LogP contribution in [0.15, 0.2) is 0 Å². The van der Waals surface area contributed by atoms with E-state index in [0.29, 0.717) is 5.78 Å². The van der Waals surface area contributed by atoms with Gasteiger partial charge in [0.25, 0.3) is 0 Å². The van der Waals surface area contributed by atoms with Crippen LogP contribution in [0.5, 0.6) is 0 Å². The number of rotatable bonds is 3. The fourth-order valence-electron chi connectivity index (χ4n) is 3.58. The highest BCUT2D eigenvalue weighted by molar-refractivity contribution is 6.01. The summed E-state index contributed by atoms with van der Waals surface area (Å²) >= 11 is 0. The number of nitrogens with zero attached hydrogens (tertiary/aromatic N) is 1. The molecule has 21 heavy (non-hydrogen) atoms. The van der Waals surface area contributed by atoms with E-state index in [4.69, 9.17) is 4.74 Å². The molecule has 0 amide bonds. The van der Waals surface area contributed by atoms with Crippen molar-refractivity contribution in [1.29, 1.82) is 0 Å². The van der Waals surface area contributed by atoms with Crippen molar-refractivity contribution in [2.24, 2.45) is 5.92 Å². The van der Waals surface area contributed by atoms with E-state index < -0.39 is 0 Å². The van der Waals surface area contributed by atoms with E-state index in [0.717, 1.165) is 57.7 Å².